The number of aliphatic carboxylic acids is 1. The molecule has 8 rings (SSSR count). The second-order valence-electron chi connectivity index (χ2n) is 15.3. The quantitative estimate of drug-likeness (QED) is 0.104. The van der Waals surface area contributed by atoms with Gasteiger partial charge in [-0.3, -0.25) is 19.2 Å². The molecule has 0 spiro atoms. The Labute approximate surface area is 334 Å². The van der Waals surface area contributed by atoms with Crippen LogP contribution in [0.4, 0.5) is 4.39 Å². The number of nitrogens with one attached hydrogen (secondary N) is 2. The van der Waals surface area contributed by atoms with Crippen LogP contribution in [0.3, 0.4) is 0 Å². The minimum Gasteiger partial charge on any atom is -0.496 e. The van der Waals surface area contributed by atoms with Crippen molar-refractivity contribution in [1.82, 2.24) is 25.3 Å². The van der Waals surface area contributed by atoms with E-state index in [1.54, 1.807) is 13.2 Å². The lowest BCUT2D eigenvalue weighted by Crippen LogP contribution is -2.70. The van der Waals surface area contributed by atoms with Gasteiger partial charge in [0, 0.05) is 70.3 Å². The van der Waals surface area contributed by atoms with Crippen molar-refractivity contribution in [1.29, 1.82) is 0 Å². The van der Waals surface area contributed by atoms with Crippen molar-refractivity contribution >= 4 is 46.0 Å². The molecule has 4 aromatic carbocycles. The predicted molar refractivity (Wildman–Crippen MR) is 215 cm³/mol. The molecule has 2 heterocycles. The first-order valence-corrected chi connectivity index (χ1v) is 19.7. The highest BCUT2D eigenvalue weighted by atomic mass is 35.5. The van der Waals surface area contributed by atoms with Crippen LogP contribution in [0.15, 0.2) is 66.9 Å². The summed E-state index contributed by atoms with van der Waals surface area (Å²) in [5.41, 5.74) is 5.92. The van der Waals surface area contributed by atoms with E-state index in [0.29, 0.717) is 65.0 Å². The number of rotatable bonds is 14. The number of hydrogen-bond acceptors (Lipinski definition) is 7. The van der Waals surface area contributed by atoms with E-state index < -0.39 is 11.8 Å². The molecule has 0 bridgehead atoms. The van der Waals surface area contributed by atoms with Crippen molar-refractivity contribution in [2.75, 3.05) is 27.8 Å². The number of carbonyl (C=O) groups excluding carboxylic acids is 1. The fraction of sp³-hybridized carbons (Fsp3) is 0.372. The lowest BCUT2D eigenvalue weighted by molar-refractivity contribution is -0.187. The van der Waals surface area contributed by atoms with Crippen molar-refractivity contribution in [3.8, 4) is 33.8 Å². The molecule has 0 radical (unpaired) electrons. The molecular weight excluding hydrogens is 756 g/mol. The van der Waals surface area contributed by atoms with Crippen LogP contribution in [0.5, 0.6) is 11.5 Å². The number of methoxy groups -OCH3 is 2. The molecule has 2 saturated carbocycles. The Balaban J connectivity index is 1.02. The van der Waals surface area contributed by atoms with Crippen LogP contribution < -0.4 is 20.1 Å². The summed E-state index contributed by atoms with van der Waals surface area (Å²) in [5.74, 6) is -0.0260. The summed E-state index contributed by atoms with van der Waals surface area (Å²) in [5, 5.41) is 22.5. The van der Waals surface area contributed by atoms with Gasteiger partial charge in [0.05, 0.1) is 43.4 Å². The number of halogens is 3. The van der Waals surface area contributed by atoms with Crippen LogP contribution in [0.1, 0.15) is 48.8 Å². The van der Waals surface area contributed by atoms with E-state index in [1.807, 2.05) is 59.4 Å². The molecule has 13 heteroatoms. The standard InChI is InChI=1S/C43H44Cl2FN5O5/c1-50(43-13-12-34(43)31(18-43)42(53)54)22-26-14-35(44)25(17-38(26)55-2)23-51-37-9-5-7-29(32(37)21-48-51)30-8-4-6-28(41(30)45)24-15-36(46)33(39(16-24)56-3)20-47-19-27-10-11-40(52)49-27/h4-9,14-17,21,27,31,34,47H,10-13,18-20,22-23H2,1-3H3,(H,49,52)(H,53,54)/t27-,31?,34?,43?/m0/s1. The SMILES string of the molecule is COc1cc(Cn2ncc3c(-c4cccc(-c5cc(F)c(CNC[C@@H]6CCC(=O)N6)c(OC)c5)c4Cl)cccc32)c(Cl)cc1CN(C)C12CCC1C(C(=O)O)C2. The molecule has 1 saturated heterocycles. The largest absolute Gasteiger partial charge is 0.496 e. The molecule has 3 N–H and O–H groups in total. The van der Waals surface area contributed by atoms with Crippen LogP contribution in [0, 0.1) is 17.7 Å². The Morgan fingerprint density at radius 3 is 2.52 bits per heavy atom. The second kappa shape index (κ2) is 15.3. The Morgan fingerprint density at radius 1 is 1.05 bits per heavy atom. The summed E-state index contributed by atoms with van der Waals surface area (Å²) in [6.07, 6.45) is 5.70. The molecule has 1 aromatic heterocycles. The van der Waals surface area contributed by atoms with Gasteiger partial charge in [-0.25, -0.2) is 4.39 Å². The lowest BCUT2D eigenvalue weighted by Gasteiger charge is -2.65. The van der Waals surface area contributed by atoms with Gasteiger partial charge in [-0.1, -0.05) is 53.5 Å². The van der Waals surface area contributed by atoms with E-state index in [1.165, 1.54) is 13.2 Å². The zero-order chi connectivity index (χ0) is 39.3. The predicted octanol–water partition coefficient (Wildman–Crippen LogP) is 7.94. The first-order chi connectivity index (χ1) is 27.0. The molecule has 3 fully saturated rings. The number of carbonyl (C=O) groups is 2. The molecule has 10 nitrogen and oxygen atoms in total. The van der Waals surface area contributed by atoms with Gasteiger partial charge in [0.2, 0.25) is 5.91 Å². The number of hydrogen-bond donors (Lipinski definition) is 3. The second-order valence-corrected chi connectivity index (χ2v) is 16.1. The first-order valence-electron chi connectivity index (χ1n) is 18.9. The van der Waals surface area contributed by atoms with Crippen molar-refractivity contribution in [2.24, 2.45) is 11.8 Å². The lowest BCUT2D eigenvalue weighted by atomic mass is 9.47. The molecule has 3 aliphatic rings. The number of benzene rings is 4. The van der Waals surface area contributed by atoms with Gasteiger partial charge in [0.15, 0.2) is 0 Å². The van der Waals surface area contributed by atoms with Crippen molar-refractivity contribution in [3.63, 3.8) is 0 Å². The highest BCUT2D eigenvalue weighted by Gasteiger charge is 2.64. The molecule has 1 aliphatic heterocycles. The van der Waals surface area contributed by atoms with Gasteiger partial charge in [-0.2, -0.15) is 5.10 Å². The van der Waals surface area contributed by atoms with Crippen molar-refractivity contribution in [3.05, 3.63) is 99.4 Å². The summed E-state index contributed by atoms with van der Waals surface area (Å²) in [4.78, 5) is 25.5. The maximum atomic E-state index is 15.7. The third kappa shape index (κ3) is 6.78. The molecular formula is C43H44Cl2FN5O5. The Bertz CT molecular complexity index is 2350. The van der Waals surface area contributed by atoms with Gasteiger partial charge in [0.25, 0.3) is 0 Å². The van der Waals surface area contributed by atoms with Crippen molar-refractivity contribution < 1.29 is 28.6 Å². The van der Waals surface area contributed by atoms with E-state index in [0.717, 1.165) is 58.2 Å². The summed E-state index contributed by atoms with van der Waals surface area (Å²) in [6.45, 7) is 1.78. The van der Waals surface area contributed by atoms with E-state index >= 15 is 4.39 Å². The number of ether oxygens (including phenoxy) is 2. The first kappa shape index (κ1) is 38.2. The number of fused-ring (bicyclic) bond motifs is 2. The maximum Gasteiger partial charge on any atom is 0.306 e. The fourth-order valence-corrected chi connectivity index (χ4v) is 9.70. The summed E-state index contributed by atoms with van der Waals surface area (Å²) >= 11 is 14.1. The van der Waals surface area contributed by atoms with Gasteiger partial charge in [0.1, 0.15) is 17.3 Å². The van der Waals surface area contributed by atoms with Crippen LogP contribution in [0.25, 0.3) is 33.2 Å². The van der Waals surface area contributed by atoms with Gasteiger partial charge >= 0.3 is 5.97 Å². The van der Waals surface area contributed by atoms with Crippen LogP contribution >= 0.6 is 23.2 Å². The maximum absolute atomic E-state index is 15.7. The normalized spacial score (nSPS) is 21.4. The smallest absolute Gasteiger partial charge is 0.306 e. The van der Waals surface area contributed by atoms with E-state index in [4.69, 9.17) is 37.8 Å². The number of amides is 1. The topological polar surface area (TPSA) is 118 Å². The van der Waals surface area contributed by atoms with Crippen LogP contribution in [-0.2, 0) is 29.2 Å². The molecule has 3 unspecified atom stereocenters. The summed E-state index contributed by atoms with van der Waals surface area (Å²) in [6, 6.07) is 18.9. The average molecular weight is 801 g/mol. The molecule has 292 valence electrons. The molecule has 56 heavy (non-hydrogen) atoms. The number of carboxylic acid groups (broad SMARTS) is 1. The Kier molecular flexibility index (Phi) is 10.5. The van der Waals surface area contributed by atoms with Gasteiger partial charge in [-0.05, 0) is 85.7 Å². The summed E-state index contributed by atoms with van der Waals surface area (Å²) < 4.78 is 29.1. The highest BCUT2D eigenvalue weighted by Crippen LogP contribution is 2.61. The number of carboxylic acids is 1. The average Bonchev–Trinajstić information content (AvgIpc) is 3.79. The minimum absolute atomic E-state index is 0.0321. The molecule has 2 aliphatic carbocycles. The van der Waals surface area contributed by atoms with E-state index in [2.05, 4.69) is 22.6 Å². The van der Waals surface area contributed by atoms with E-state index in [-0.39, 0.29) is 35.9 Å². The fourth-order valence-electron chi connectivity index (χ4n) is 9.12. The number of nitrogens with zero attached hydrogens (tertiary/aromatic N) is 3. The van der Waals surface area contributed by atoms with Crippen LogP contribution in [0.2, 0.25) is 10.0 Å². The minimum atomic E-state index is -0.698. The molecule has 4 atom stereocenters. The highest BCUT2D eigenvalue weighted by molar-refractivity contribution is 6.36. The molecule has 5 aromatic rings. The number of aromatic nitrogens is 2. The third-order valence-electron chi connectivity index (χ3n) is 12.3. The Hall–Kier alpha value is -4.68. The third-order valence-corrected chi connectivity index (χ3v) is 13.1. The zero-order valence-corrected chi connectivity index (χ0v) is 33.0. The monoisotopic (exact) mass is 799 g/mol. The van der Waals surface area contributed by atoms with Crippen molar-refractivity contribution in [2.45, 2.75) is 63.3 Å². The van der Waals surface area contributed by atoms with E-state index in [9.17, 15) is 14.7 Å². The van der Waals surface area contributed by atoms with Crippen LogP contribution in [-0.4, -0.2) is 71.1 Å². The van der Waals surface area contributed by atoms with Gasteiger partial charge < -0.3 is 25.2 Å². The summed E-state index contributed by atoms with van der Waals surface area (Å²) in [7, 11) is 5.23. The molecule has 1 amide bonds. The van der Waals surface area contributed by atoms with Gasteiger partial charge in [-0.15, -0.1) is 0 Å². The zero-order valence-electron chi connectivity index (χ0n) is 31.5. The Morgan fingerprint density at radius 2 is 1.82 bits per heavy atom.